The van der Waals surface area contributed by atoms with Crippen molar-refractivity contribution in [2.75, 3.05) is 5.88 Å². The van der Waals surface area contributed by atoms with Crippen molar-refractivity contribution in [1.29, 1.82) is 0 Å². The molecule has 0 rings (SSSR count). The molecule has 1 radical (unpaired) electrons. The largest absolute Gasteiger partial charge is 0.392 e. The molecule has 0 aliphatic heterocycles. The van der Waals surface area contributed by atoms with Gasteiger partial charge < -0.3 is 4.74 Å². The normalized spacial score (nSPS) is 9.00. The van der Waals surface area contributed by atoms with Crippen LogP contribution in [-0.2, 0) is 14.3 Å². The Kier molecular flexibility index (Phi) is 4.94. The first-order chi connectivity index (χ1) is 4.70. The molecule has 0 bridgehead atoms. The summed E-state index contributed by atoms with van der Waals surface area (Å²) in [6, 6.07) is 0. The quantitative estimate of drug-likeness (QED) is 0.353. The molecule has 10 heavy (non-hydrogen) atoms. The minimum Gasteiger partial charge on any atom is -0.392 e. The van der Waals surface area contributed by atoms with E-state index in [1.807, 2.05) is 0 Å². The Morgan fingerprint density at radius 3 is 2.40 bits per heavy atom. The fourth-order valence-corrected chi connectivity index (χ4v) is 0.404. The molecule has 3 nitrogen and oxygen atoms in total. The predicted molar refractivity (Wildman–Crippen MR) is 36.4 cm³/mol. The lowest BCUT2D eigenvalue weighted by Crippen LogP contribution is -2.12. The van der Waals surface area contributed by atoms with Gasteiger partial charge in [0.05, 0.1) is 0 Å². The van der Waals surface area contributed by atoms with Crippen LogP contribution in [0.4, 0.5) is 0 Å². The van der Waals surface area contributed by atoms with Crippen molar-refractivity contribution in [2.24, 2.45) is 0 Å². The number of ether oxygens (including phenoxy) is 1. The van der Waals surface area contributed by atoms with Crippen LogP contribution in [0.15, 0.2) is 0 Å². The van der Waals surface area contributed by atoms with Crippen LogP contribution >= 0.6 is 11.6 Å². The molecule has 0 aromatic carbocycles. The van der Waals surface area contributed by atoms with E-state index in [1.165, 1.54) is 0 Å². The zero-order valence-electron chi connectivity index (χ0n) is 5.43. The van der Waals surface area contributed by atoms with Crippen LogP contribution in [0.1, 0.15) is 12.8 Å². The molecular weight excluding hydrogens is 156 g/mol. The third-order valence-corrected chi connectivity index (χ3v) is 0.936. The lowest BCUT2D eigenvalue weighted by Gasteiger charge is -1.96. The van der Waals surface area contributed by atoms with Gasteiger partial charge in [-0.2, -0.15) is 0 Å². The van der Waals surface area contributed by atoms with E-state index in [-0.39, 0.29) is 12.3 Å². The highest BCUT2D eigenvalue weighted by Gasteiger charge is 2.06. The number of hydrogen-bond donors (Lipinski definition) is 0. The molecular formula is C6H8ClO3. The fourth-order valence-electron chi connectivity index (χ4n) is 0.350. The maximum atomic E-state index is 10.5. The smallest absolute Gasteiger partial charge is 0.328 e. The van der Waals surface area contributed by atoms with E-state index in [0.29, 0.717) is 6.42 Å². The van der Waals surface area contributed by atoms with Crippen molar-refractivity contribution < 1.29 is 14.3 Å². The van der Waals surface area contributed by atoms with Gasteiger partial charge in [0.15, 0.2) is 0 Å². The SMILES string of the molecule is [CH2]CCC(=O)OC(=O)CCl. The van der Waals surface area contributed by atoms with Crippen LogP contribution in [0, 0.1) is 6.92 Å². The Hall–Kier alpha value is -0.570. The molecule has 4 heteroatoms. The number of esters is 2. The van der Waals surface area contributed by atoms with Gasteiger partial charge in [-0.3, -0.25) is 9.59 Å². The average molecular weight is 164 g/mol. The third-order valence-electron chi connectivity index (χ3n) is 0.718. The van der Waals surface area contributed by atoms with Crippen LogP contribution in [0.5, 0.6) is 0 Å². The van der Waals surface area contributed by atoms with Crippen LogP contribution in [0.25, 0.3) is 0 Å². The molecule has 0 atom stereocenters. The minimum absolute atomic E-state index is 0.155. The summed E-state index contributed by atoms with van der Waals surface area (Å²) in [6.45, 7) is 3.41. The Labute approximate surface area is 64.3 Å². The molecule has 0 N–H and O–H groups in total. The van der Waals surface area contributed by atoms with E-state index in [4.69, 9.17) is 11.6 Å². The molecule has 0 aliphatic rings. The van der Waals surface area contributed by atoms with Crippen LogP contribution in [0.3, 0.4) is 0 Å². The Balaban J connectivity index is 3.47. The van der Waals surface area contributed by atoms with Crippen molar-refractivity contribution in [3.8, 4) is 0 Å². The van der Waals surface area contributed by atoms with Gasteiger partial charge in [0.1, 0.15) is 5.88 Å². The summed E-state index contributed by atoms with van der Waals surface area (Å²) in [4.78, 5) is 20.8. The number of carbonyl (C=O) groups is 2. The first kappa shape index (κ1) is 9.43. The molecule has 57 valence electrons. The highest BCUT2D eigenvalue weighted by molar-refractivity contribution is 6.27. The summed E-state index contributed by atoms with van der Waals surface area (Å²) >= 11 is 5.05. The summed E-state index contributed by atoms with van der Waals surface area (Å²) in [5.74, 6) is -1.57. The van der Waals surface area contributed by atoms with Gasteiger partial charge in [-0.05, 0) is 6.42 Å². The highest BCUT2D eigenvalue weighted by atomic mass is 35.5. The van der Waals surface area contributed by atoms with Crippen molar-refractivity contribution in [1.82, 2.24) is 0 Å². The summed E-state index contributed by atoms with van der Waals surface area (Å²) in [6.07, 6.45) is 0.580. The van der Waals surface area contributed by atoms with E-state index in [9.17, 15) is 9.59 Å². The molecule has 0 saturated carbocycles. The number of carbonyl (C=O) groups excluding carboxylic acids is 2. The number of alkyl halides is 1. The number of hydrogen-bond acceptors (Lipinski definition) is 3. The molecule has 0 saturated heterocycles. The molecule has 0 fully saturated rings. The van der Waals surface area contributed by atoms with Crippen molar-refractivity contribution in [2.45, 2.75) is 12.8 Å². The van der Waals surface area contributed by atoms with E-state index in [0.717, 1.165) is 0 Å². The van der Waals surface area contributed by atoms with Crippen LogP contribution in [-0.4, -0.2) is 17.8 Å². The highest BCUT2D eigenvalue weighted by Crippen LogP contribution is 1.92. The maximum Gasteiger partial charge on any atom is 0.328 e. The Bertz CT molecular complexity index is 133. The summed E-state index contributed by atoms with van der Waals surface area (Å²) < 4.78 is 4.19. The Morgan fingerprint density at radius 1 is 1.40 bits per heavy atom. The monoisotopic (exact) mass is 163 g/mol. The molecule has 0 aromatic rings. The predicted octanol–water partition coefficient (Wildman–Crippen LogP) is 0.909. The second-order valence-electron chi connectivity index (χ2n) is 1.58. The Morgan fingerprint density at radius 2 is 2.00 bits per heavy atom. The number of rotatable bonds is 3. The van der Waals surface area contributed by atoms with Gasteiger partial charge >= 0.3 is 11.9 Å². The van der Waals surface area contributed by atoms with Gasteiger partial charge in [0, 0.05) is 6.42 Å². The van der Waals surface area contributed by atoms with Gasteiger partial charge in [0.25, 0.3) is 0 Å². The maximum absolute atomic E-state index is 10.5. The molecule has 0 aliphatic carbocycles. The summed E-state index contributed by atoms with van der Waals surface area (Å²) in [7, 11) is 0. The topological polar surface area (TPSA) is 43.4 Å². The van der Waals surface area contributed by atoms with Gasteiger partial charge in [-0.15, -0.1) is 11.6 Å². The van der Waals surface area contributed by atoms with Gasteiger partial charge in [0.2, 0.25) is 0 Å². The first-order valence-corrected chi connectivity index (χ1v) is 3.33. The minimum atomic E-state index is -0.708. The zero-order chi connectivity index (χ0) is 7.98. The van der Waals surface area contributed by atoms with E-state index < -0.39 is 11.9 Å². The second-order valence-corrected chi connectivity index (χ2v) is 1.85. The van der Waals surface area contributed by atoms with Crippen molar-refractivity contribution in [3.05, 3.63) is 6.92 Å². The lowest BCUT2D eigenvalue weighted by molar-refractivity contribution is -0.157. The molecule has 0 unspecified atom stereocenters. The lowest BCUT2D eigenvalue weighted by atomic mass is 10.3. The number of halogens is 1. The van der Waals surface area contributed by atoms with Gasteiger partial charge in [-0.25, -0.2) is 0 Å². The molecule has 0 aromatic heterocycles. The van der Waals surface area contributed by atoms with Crippen molar-refractivity contribution in [3.63, 3.8) is 0 Å². The van der Waals surface area contributed by atoms with Crippen LogP contribution in [0.2, 0.25) is 0 Å². The van der Waals surface area contributed by atoms with E-state index in [2.05, 4.69) is 11.7 Å². The average Bonchev–Trinajstić information content (AvgIpc) is 1.88. The van der Waals surface area contributed by atoms with Crippen molar-refractivity contribution >= 4 is 23.5 Å². The standard InChI is InChI=1S/C6H8ClO3/c1-2-3-5(8)10-6(9)4-7/h1-4H2. The third kappa shape index (κ3) is 4.32. The fraction of sp³-hybridized carbons (Fsp3) is 0.500. The van der Waals surface area contributed by atoms with Gasteiger partial charge in [-0.1, -0.05) is 6.92 Å². The summed E-state index contributed by atoms with van der Waals surface area (Å²) in [5, 5.41) is 0. The van der Waals surface area contributed by atoms with Crippen LogP contribution < -0.4 is 0 Å². The molecule has 0 spiro atoms. The summed E-state index contributed by atoms with van der Waals surface area (Å²) in [5.41, 5.74) is 0. The zero-order valence-corrected chi connectivity index (χ0v) is 6.19. The molecule has 0 amide bonds. The second kappa shape index (κ2) is 5.23. The van der Waals surface area contributed by atoms with E-state index in [1.54, 1.807) is 0 Å². The van der Waals surface area contributed by atoms with E-state index >= 15 is 0 Å². The first-order valence-electron chi connectivity index (χ1n) is 2.79. The molecule has 0 heterocycles.